The Kier molecular flexibility index (Phi) is 4.29. The van der Waals surface area contributed by atoms with E-state index in [4.69, 9.17) is 0 Å². The van der Waals surface area contributed by atoms with Gasteiger partial charge < -0.3 is 16.0 Å². The Morgan fingerprint density at radius 2 is 1.88 bits per heavy atom. The van der Waals surface area contributed by atoms with Crippen molar-refractivity contribution in [3.8, 4) is 0 Å². The fraction of sp³-hybridized carbons (Fsp3) is 0.111. The normalized spacial score (nSPS) is 20.0. The maximum Gasteiger partial charge on any atom is 0.319 e. The molecule has 5 nitrogen and oxygen atoms in total. The third-order valence-electron chi connectivity index (χ3n) is 3.80. The number of para-hydroxylation sites is 1. The Labute approximate surface area is 138 Å². The average molecular weight is 325 g/mol. The number of rotatable bonds is 3. The number of hydrogen-bond acceptors (Lipinski definition) is 2. The molecular formula is C18H16FN3O2. The van der Waals surface area contributed by atoms with E-state index in [9.17, 15) is 14.0 Å². The summed E-state index contributed by atoms with van der Waals surface area (Å²) in [6.07, 6.45) is 0. The van der Waals surface area contributed by atoms with E-state index < -0.39 is 23.8 Å². The van der Waals surface area contributed by atoms with Crippen LogP contribution in [0.4, 0.5) is 14.9 Å². The number of halogens is 1. The molecule has 1 heterocycles. The summed E-state index contributed by atoms with van der Waals surface area (Å²) in [6, 6.07) is 13.6. The fourth-order valence-electron chi connectivity index (χ4n) is 2.71. The fourth-order valence-corrected chi connectivity index (χ4v) is 2.71. The van der Waals surface area contributed by atoms with Gasteiger partial charge in [-0.2, -0.15) is 0 Å². The van der Waals surface area contributed by atoms with Crippen LogP contribution in [0.5, 0.6) is 0 Å². The molecule has 1 aliphatic heterocycles. The van der Waals surface area contributed by atoms with Crippen LogP contribution in [0.3, 0.4) is 0 Å². The lowest BCUT2D eigenvalue weighted by molar-refractivity contribution is -0.119. The van der Waals surface area contributed by atoms with Gasteiger partial charge in [0.05, 0.1) is 6.04 Å². The molecule has 2 aromatic carbocycles. The van der Waals surface area contributed by atoms with E-state index in [1.807, 2.05) is 6.07 Å². The molecule has 0 aliphatic carbocycles. The number of carbonyl (C=O) groups excluding carboxylic acids is 2. The Morgan fingerprint density at radius 3 is 2.58 bits per heavy atom. The van der Waals surface area contributed by atoms with E-state index in [1.54, 1.807) is 30.3 Å². The van der Waals surface area contributed by atoms with Gasteiger partial charge in [0.1, 0.15) is 11.7 Å². The van der Waals surface area contributed by atoms with Crippen molar-refractivity contribution in [3.05, 3.63) is 78.3 Å². The number of amides is 3. The summed E-state index contributed by atoms with van der Waals surface area (Å²) in [5.74, 6) is -1.55. The van der Waals surface area contributed by atoms with Gasteiger partial charge in [0, 0.05) is 11.4 Å². The number of nitrogens with one attached hydrogen (secondary N) is 3. The van der Waals surface area contributed by atoms with E-state index in [1.165, 1.54) is 18.2 Å². The highest BCUT2D eigenvalue weighted by atomic mass is 19.1. The van der Waals surface area contributed by atoms with Crippen LogP contribution < -0.4 is 16.0 Å². The highest BCUT2D eigenvalue weighted by molar-refractivity contribution is 5.97. The van der Waals surface area contributed by atoms with Gasteiger partial charge in [-0.3, -0.25) is 4.79 Å². The molecule has 122 valence electrons. The van der Waals surface area contributed by atoms with Gasteiger partial charge in [-0.05, 0) is 29.8 Å². The second-order valence-corrected chi connectivity index (χ2v) is 5.49. The molecule has 3 amide bonds. The standard InChI is InChI=1S/C18H16FN3O2/c1-11-15(17(23)21-14-8-3-2-4-9-14)16(22-18(24)20-11)12-6-5-7-13(19)10-12/h2-10,15-16H,1H2,(H,21,23)(H2,20,22,24)/t15-,16-/m1/s1. The molecule has 0 radical (unpaired) electrons. The molecule has 1 aliphatic rings. The third kappa shape index (κ3) is 3.27. The van der Waals surface area contributed by atoms with Crippen molar-refractivity contribution in [1.29, 1.82) is 0 Å². The Morgan fingerprint density at radius 1 is 1.12 bits per heavy atom. The minimum Gasteiger partial charge on any atom is -0.330 e. The van der Waals surface area contributed by atoms with E-state index in [2.05, 4.69) is 22.5 Å². The van der Waals surface area contributed by atoms with Crippen molar-refractivity contribution < 1.29 is 14.0 Å². The van der Waals surface area contributed by atoms with Crippen molar-refractivity contribution in [3.63, 3.8) is 0 Å². The maximum absolute atomic E-state index is 13.5. The van der Waals surface area contributed by atoms with Crippen LogP contribution in [0.1, 0.15) is 11.6 Å². The third-order valence-corrected chi connectivity index (χ3v) is 3.80. The van der Waals surface area contributed by atoms with Gasteiger partial charge in [0.2, 0.25) is 5.91 Å². The van der Waals surface area contributed by atoms with Crippen LogP contribution in [0, 0.1) is 11.7 Å². The first-order valence-corrected chi connectivity index (χ1v) is 7.42. The van der Waals surface area contributed by atoms with Crippen LogP contribution in [-0.2, 0) is 4.79 Å². The van der Waals surface area contributed by atoms with Gasteiger partial charge in [-0.1, -0.05) is 36.9 Å². The summed E-state index contributed by atoms with van der Waals surface area (Å²) in [6.45, 7) is 3.78. The highest BCUT2D eigenvalue weighted by Gasteiger charge is 2.37. The van der Waals surface area contributed by atoms with E-state index in [-0.39, 0.29) is 11.6 Å². The number of carbonyl (C=O) groups is 2. The number of benzene rings is 2. The summed E-state index contributed by atoms with van der Waals surface area (Å²) in [5.41, 5.74) is 1.39. The second-order valence-electron chi connectivity index (χ2n) is 5.49. The van der Waals surface area contributed by atoms with Crippen molar-refractivity contribution in [2.45, 2.75) is 6.04 Å². The monoisotopic (exact) mass is 325 g/mol. The van der Waals surface area contributed by atoms with Gasteiger partial charge in [-0.15, -0.1) is 0 Å². The molecule has 1 fully saturated rings. The van der Waals surface area contributed by atoms with Crippen LogP contribution >= 0.6 is 0 Å². The number of urea groups is 1. The lowest BCUT2D eigenvalue weighted by atomic mass is 9.88. The van der Waals surface area contributed by atoms with E-state index >= 15 is 0 Å². The number of anilines is 1. The smallest absolute Gasteiger partial charge is 0.319 e. The first-order valence-electron chi connectivity index (χ1n) is 7.42. The molecule has 1 saturated heterocycles. The Balaban J connectivity index is 1.90. The minimum atomic E-state index is -0.773. The predicted octanol–water partition coefficient (Wildman–Crippen LogP) is 2.95. The molecule has 2 atom stereocenters. The lowest BCUT2D eigenvalue weighted by Crippen LogP contribution is -2.51. The highest BCUT2D eigenvalue weighted by Crippen LogP contribution is 2.30. The first-order chi connectivity index (χ1) is 11.5. The second kappa shape index (κ2) is 6.54. The minimum absolute atomic E-state index is 0.265. The zero-order valence-electron chi connectivity index (χ0n) is 12.8. The first kappa shape index (κ1) is 15.7. The molecule has 24 heavy (non-hydrogen) atoms. The maximum atomic E-state index is 13.5. The van der Waals surface area contributed by atoms with Crippen LogP contribution in [0.25, 0.3) is 0 Å². The summed E-state index contributed by atoms with van der Waals surface area (Å²) < 4.78 is 13.5. The molecular weight excluding hydrogens is 309 g/mol. The average Bonchev–Trinajstić information content (AvgIpc) is 2.55. The SMILES string of the molecule is C=C1NC(=O)N[C@H](c2cccc(F)c2)[C@@H]1C(=O)Nc1ccccc1. The van der Waals surface area contributed by atoms with Gasteiger partial charge in [-0.25, -0.2) is 9.18 Å². The Bertz CT molecular complexity index is 792. The summed E-state index contributed by atoms with van der Waals surface area (Å²) >= 11 is 0. The van der Waals surface area contributed by atoms with E-state index in [0.29, 0.717) is 11.3 Å². The van der Waals surface area contributed by atoms with Crippen molar-refractivity contribution in [2.75, 3.05) is 5.32 Å². The Hall–Kier alpha value is -3.15. The van der Waals surface area contributed by atoms with Crippen LogP contribution in [0.2, 0.25) is 0 Å². The lowest BCUT2D eigenvalue weighted by Gasteiger charge is -2.33. The quantitative estimate of drug-likeness (QED) is 0.812. The predicted molar refractivity (Wildman–Crippen MR) is 88.5 cm³/mol. The summed E-state index contributed by atoms with van der Waals surface area (Å²) in [7, 11) is 0. The zero-order valence-corrected chi connectivity index (χ0v) is 12.8. The van der Waals surface area contributed by atoms with Crippen molar-refractivity contribution in [1.82, 2.24) is 10.6 Å². The molecule has 0 bridgehead atoms. The molecule has 0 spiro atoms. The topological polar surface area (TPSA) is 70.2 Å². The van der Waals surface area contributed by atoms with Gasteiger partial charge in [0.15, 0.2) is 0 Å². The van der Waals surface area contributed by atoms with Gasteiger partial charge >= 0.3 is 6.03 Å². The molecule has 0 aromatic heterocycles. The van der Waals surface area contributed by atoms with Crippen molar-refractivity contribution >= 4 is 17.6 Å². The number of hydrogen-bond donors (Lipinski definition) is 3. The van der Waals surface area contributed by atoms with Crippen molar-refractivity contribution in [2.24, 2.45) is 5.92 Å². The molecule has 2 aromatic rings. The summed E-state index contributed by atoms with van der Waals surface area (Å²) in [5, 5.41) is 7.97. The molecule has 6 heteroatoms. The summed E-state index contributed by atoms with van der Waals surface area (Å²) in [4.78, 5) is 24.5. The van der Waals surface area contributed by atoms with Crippen LogP contribution in [0.15, 0.2) is 66.9 Å². The molecule has 3 rings (SSSR count). The van der Waals surface area contributed by atoms with Crippen LogP contribution in [-0.4, -0.2) is 11.9 Å². The van der Waals surface area contributed by atoms with E-state index in [0.717, 1.165) is 0 Å². The molecule has 0 saturated carbocycles. The van der Waals surface area contributed by atoms with Gasteiger partial charge in [0.25, 0.3) is 0 Å². The zero-order chi connectivity index (χ0) is 17.1. The molecule has 3 N–H and O–H groups in total. The molecule has 0 unspecified atom stereocenters. The largest absolute Gasteiger partial charge is 0.330 e.